The molecule has 0 aliphatic rings. The predicted octanol–water partition coefficient (Wildman–Crippen LogP) is 2.33. The van der Waals surface area contributed by atoms with E-state index in [1.807, 2.05) is 47.1 Å². The van der Waals surface area contributed by atoms with E-state index in [0.29, 0.717) is 12.1 Å². The van der Waals surface area contributed by atoms with Crippen molar-refractivity contribution in [1.82, 2.24) is 9.38 Å². The van der Waals surface area contributed by atoms with Crippen molar-refractivity contribution in [2.24, 2.45) is 5.73 Å². The zero-order chi connectivity index (χ0) is 13.2. The van der Waals surface area contributed by atoms with Crippen molar-refractivity contribution in [1.29, 1.82) is 5.26 Å². The van der Waals surface area contributed by atoms with Crippen LogP contribution < -0.4 is 5.73 Å². The molecule has 2 aromatic heterocycles. The zero-order valence-electron chi connectivity index (χ0n) is 10.2. The fourth-order valence-electron chi connectivity index (χ4n) is 2.05. The monoisotopic (exact) mass is 248 g/mol. The molecule has 0 atom stereocenters. The highest BCUT2D eigenvalue weighted by atomic mass is 15.0. The van der Waals surface area contributed by atoms with Gasteiger partial charge in [0.05, 0.1) is 17.3 Å². The summed E-state index contributed by atoms with van der Waals surface area (Å²) in [5, 5.41) is 8.93. The Balaban J connectivity index is 2.12. The first kappa shape index (κ1) is 11.5. The second-order valence-electron chi connectivity index (χ2n) is 4.33. The third kappa shape index (κ3) is 2.07. The third-order valence-corrected chi connectivity index (χ3v) is 3.04. The van der Waals surface area contributed by atoms with Gasteiger partial charge in [-0.2, -0.15) is 5.26 Å². The number of pyridine rings is 1. The summed E-state index contributed by atoms with van der Waals surface area (Å²) in [7, 11) is 0. The number of nitrogens with two attached hydrogens (primary N) is 1. The lowest BCUT2D eigenvalue weighted by molar-refractivity contribution is 1.03. The lowest BCUT2D eigenvalue weighted by atomic mass is 10.1. The maximum Gasteiger partial charge on any atom is 0.137 e. The summed E-state index contributed by atoms with van der Waals surface area (Å²) in [5.41, 5.74) is 9.99. The number of aromatic nitrogens is 2. The standard InChI is InChI=1S/C15H12N4/c16-7-11-2-1-3-13(6-11)14-10-19-9-12(8-17)4-5-15(19)18-14/h1-6,9-10H,8,17H2. The molecule has 0 radical (unpaired) electrons. The smallest absolute Gasteiger partial charge is 0.137 e. The van der Waals surface area contributed by atoms with E-state index in [1.54, 1.807) is 6.07 Å². The number of nitriles is 1. The Morgan fingerprint density at radius 2 is 2.11 bits per heavy atom. The van der Waals surface area contributed by atoms with E-state index in [1.165, 1.54) is 0 Å². The van der Waals surface area contributed by atoms with E-state index in [4.69, 9.17) is 11.0 Å². The maximum atomic E-state index is 8.93. The molecule has 0 bridgehead atoms. The van der Waals surface area contributed by atoms with Crippen LogP contribution in [0, 0.1) is 11.3 Å². The van der Waals surface area contributed by atoms with Gasteiger partial charge in [-0.05, 0) is 23.8 Å². The van der Waals surface area contributed by atoms with Crippen molar-refractivity contribution in [3.63, 3.8) is 0 Å². The van der Waals surface area contributed by atoms with Crippen molar-refractivity contribution in [2.75, 3.05) is 0 Å². The predicted molar refractivity (Wildman–Crippen MR) is 73.2 cm³/mol. The molecule has 0 aliphatic carbocycles. The minimum atomic E-state index is 0.507. The van der Waals surface area contributed by atoms with Gasteiger partial charge in [0.25, 0.3) is 0 Å². The number of imidazole rings is 1. The third-order valence-electron chi connectivity index (χ3n) is 3.04. The van der Waals surface area contributed by atoms with Gasteiger partial charge in [-0.15, -0.1) is 0 Å². The van der Waals surface area contributed by atoms with E-state index in [0.717, 1.165) is 22.5 Å². The normalized spacial score (nSPS) is 10.5. The number of hydrogen-bond donors (Lipinski definition) is 1. The Morgan fingerprint density at radius 3 is 2.89 bits per heavy atom. The topological polar surface area (TPSA) is 67.1 Å². The Kier molecular flexibility index (Phi) is 2.75. The highest BCUT2D eigenvalue weighted by Crippen LogP contribution is 2.20. The van der Waals surface area contributed by atoms with Gasteiger partial charge in [0, 0.05) is 24.5 Å². The van der Waals surface area contributed by atoms with Crippen LogP contribution in [0.2, 0.25) is 0 Å². The van der Waals surface area contributed by atoms with Crippen molar-refractivity contribution in [2.45, 2.75) is 6.54 Å². The molecule has 19 heavy (non-hydrogen) atoms. The molecular formula is C15H12N4. The van der Waals surface area contributed by atoms with Crippen molar-refractivity contribution in [3.8, 4) is 17.3 Å². The number of rotatable bonds is 2. The second-order valence-corrected chi connectivity index (χ2v) is 4.33. The molecule has 0 fully saturated rings. The molecule has 3 aromatic rings. The molecule has 0 spiro atoms. The minimum absolute atomic E-state index is 0.507. The van der Waals surface area contributed by atoms with E-state index >= 15 is 0 Å². The molecule has 4 heteroatoms. The average molecular weight is 248 g/mol. The molecule has 4 nitrogen and oxygen atoms in total. The van der Waals surface area contributed by atoms with Crippen LogP contribution in [-0.4, -0.2) is 9.38 Å². The van der Waals surface area contributed by atoms with Gasteiger partial charge in [0.2, 0.25) is 0 Å². The van der Waals surface area contributed by atoms with Crippen LogP contribution in [0.4, 0.5) is 0 Å². The highest BCUT2D eigenvalue weighted by Gasteiger charge is 2.05. The molecule has 0 unspecified atom stereocenters. The summed E-state index contributed by atoms with van der Waals surface area (Å²) in [4.78, 5) is 4.55. The van der Waals surface area contributed by atoms with Crippen LogP contribution in [0.3, 0.4) is 0 Å². The molecule has 92 valence electrons. The SMILES string of the molecule is N#Cc1cccc(-c2cn3cc(CN)ccc3n2)c1. The molecule has 3 rings (SSSR count). The van der Waals surface area contributed by atoms with Gasteiger partial charge in [0.15, 0.2) is 0 Å². The van der Waals surface area contributed by atoms with Crippen LogP contribution >= 0.6 is 0 Å². The van der Waals surface area contributed by atoms with Crippen LogP contribution in [0.1, 0.15) is 11.1 Å². The first-order valence-corrected chi connectivity index (χ1v) is 5.98. The number of nitrogens with zero attached hydrogens (tertiary/aromatic N) is 3. The van der Waals surface area contributed by atoms with Gasteiger partial charge < -0.3 is 10.1 Å². The van der Waals surface area contributed by atoms with Crippen molar-refractivity contribution >= 4 is 5.65 Å². The van der Waals surface area contributed by atoms with Gasteiger partial charge in [-0.25, -0.2) is 4.98 Å². The van der Waals surface area contributed by atoms with Crippen LogP contribution in [0.5, 0.6) is 0 Å². The van der Waals surface area contributed by atoms with E-state index in [9.17, 15) is 0 Å². The molecule has 2 N–H and O–H groups in total. The summed E-state index contributed by atoms with van der Waals surface area (Å²) < 4.78 is 1.95. The summed E-state index contributed by atoms with van der Waals surface area (Å²) >= 11 is 0. The molecular weight excluding hydrogens is 236 g/mol. The van der Waals surface area contributed by atoms with E-state index < -0.39 is 0 Å². The summed E-state index contributed by atoms with van der Waals surface area (Å²) in [6, 6.07) is 13.5. The summed E-state index contributed by atoms with van der Waals surface area (Å²) in [6.07, 6.45) is 3.92. The number of fused-ring (bicyclic) bond motifs is 1. The zero-order valence-corrected chi connectivity index (χ0v) is 10.2. The maximum absolute atomic E-state index is 8.93. The van der Waals surface area contributed by atoms with Gasteiger partial charge in [0.1, 0.15) is 5.65 Å². The second kappa shape index (κ2) is 4.56. The van der Waals surface area contributed by atoms with E-state index in [-0.39, 0.29) is 0 Å². The van der Waals surface area contributed by atoms with Gasteiger partial charge in [-0.1, -0.05) is 18.2 Å². The fourth-order valence-corrected chi connectivity index (χ4v) is 2.05. The number of hydrogen-bond acceptors (Lipinski definition) is 3. The molecule has 0 saturated carbocycles. The highest BCUT2D eigenvalue weighted by molar-refractivity contribution is 5.64. The van der Waals surface area contributed by atoms with Gasteiger partial charge >= 0.3 is 0 Å². The molecule has 0 aliphatic heterocycles. The largest absolute Gasteiger partial charge is 0.326 e. The lowest BCUT2D eigenvalue weighted by Gasteiger charge is -1.96. The summed E-state index contributed by atoms with van der Waals surface area (Å²) in [6.45, 7) is 0.507. The molecule has 2 heterocycles. The number of benzene rings is 1. The quantitative estimate of drug-likeness (QED) is 0.756. The Labute approximate surface area is 110 Å². The Morgan fingerprint density at radius 1 is 1.21 bits per heavy atom. The lowest BCUT2D eigenvalue weighted by Crippen LogP contribution is -1.97. The van der Waals surface area contributed by atoms with Crippen LogP contribution in [-0.2, 0) is 6.54 Å². The van der Waals surface area contributed by atoms with Crippen molar-refractivity contribution in [3.05, 3.63) is 59.9 Å². The van der Waals surface area contributed by atoms with Gasteiger partial charge in [-0.3, -0.25) is 0 Å². The first-order valence-electron chi connectivity index (χ1n) is 5.98. The molecule has 0 amide bonds. The molecule has 1 aromatic carbocycles. The average Bonchev–Trinajstić information content (AvgIpc) is 2.90. The fraction of sp³-hybridized carbons (Fsp3) is 0.0667. The first-order chi connectivity index (χ1) is 9.30. The summed E-state index contributed by atoms with van der Waals surface area (Å²) in [5.74, 6) is 0. The Hall–Kier alpha value is -2.64. The van der Waals surface area contributed by atoms with Crippen molar-refractivity contribution < 1.29 is 0 Å². The van der Waals surface area contributed by atoms with Crippen LogP contribution in [0.15, 0.2) is 48.8 Å². The molecule has 0 saturated heterocycles. The minimum Gasteiger partial charge on any atom is -0.326 e. The van der Waals surface area contributed by atoms with Crippen LogP contribution in [0.25, 0.3) is 16.9 Å². The van der Waals surface area contributed by atoms with E-state index in [2.05, 4.69) is 11.1 Å². The Bertz CT molecular complexity index is 780.